The molecular formula is C12H27N. The third-order valence-corrected chi connectivity index (χ3v) is 2.49. The van der Waals surface area contributed by atoms with E-state index in [1.54, 1.807) is 0 Å². The molecule has 1 unspecified atom stereocenters. The maximum Gasteiger partial charge on any atom is -0.00235 e. The standard InChI is InChI=1S/C12H27N/c1-6-7-11(10-13-5)8-9-12(2,3)4/h11,13H,6-10H2,1-5H3. The summed E-state index contributed by atoms with van der Waals surface area (Å²) in [5.74, 6) is 0.884. The molecule has 0 amide bonds. The Hall–Kier alpha value is -0.0400. The van der Waals surface area contributed by atoms with Crippen LogP contribution in [0.3, 0.4) is 0 Å². The second kappa shape index (κ2) is 6.42. The van der Waals surface area contributed by atoms with E-state index in [9.17, 15) is 0 Å². The van der Waals surface area contributed by atoms with Crippen LogP contribution in [-0.4, -0.2) is 13.6 Å². The fourth-order valence-electron chi connectivity index (χ4n) is 1.68. The first-order valence-corrected chi connectivity index (χ1v) is 5.64. The molecule has 0 saturated heterocycles. The summed E-state index contributed by atoms with van der Waals surface area (Å²) < 4.78 is 0. The van der Waals surface area contributed by atoms with Gasteiger partial charge in [0.25, 0.3) is 0 Å². The van der Waals surface area contributed by atoms with Crippen LogP contribution in [-0.2, 0) is 0 Å². The maximum absolute atomic E-state index is 3.29. The van der Waals surface area contributed by atoms with E-state index in [-0.39, 0.29) is 0 Å². The first-order chi connectivity index (χ1) is 5.99. The van der Waals surface area contributed by atoms with Crippen molar-refractivity contribution < 1.29 is 0 Å². The Morgan fingerprint density at radius 2 is 1.77 bits per heavy atom. The van der Waals surface area contributed by atoms with Crippen molar-refractivity contribution in [2.24, 2.45) is 11.3 Å². The van der Waals surface area contributed by atoms with E-state index >= 15 is 0 Å². The Morgan fingerprint density at radius 3 is 2.15 bits per heavy atom. The lowest BCUT2D eigenvalue weighted by molar-refractivity contribution is 0.308. The van der Waals surface area contributed by atoms with Gasteiger partial charge >= 0.3 is 0 Å². The smallest absolute Gasteiger partial charge is 0.00235 e. The molecule has 0 aromatic heterocycles. The van der Waals surface area contributed by atoms with Crippen molar-refractivity contribution in [1.29, 1.82) is 0 Å². The minimum Gasteiger partial charge on any atom is -0.319 e. The highest BCUT2D eigenvalue weighted by Gasteiger charge is 2.14. The van der Waals surface area contributed by atoms with Gasteiger partial charge in [-0.1, -0.05) is 34.1 Å². The van der Waals surface area contributed by atoms with E-state index in [1.165, 1.54) is 32.2 Å². The van der Waals surface area contributed by atoms with Crippen molar-refractivity contribution >= 4 is 0 Å². The molecule has 1 heteroatoms. The van der Waals surface area contributed by atoms with Crippen LogP contribution in [0.2, 0.25) is 0 Å². The summed E-state index contributed by atoms with van der Waals surface area (Å²) in [4.78, 5) is 0. The molecule has 0 bridgehead atoms. The fraction of sp³-hybridized carbons (Fsp3) is 1.00. The first kappa shape index (κ1) is 13.0. The average molecular weight is 185 g/mol. The summed E-state index contributed by atoms with van der Waals surface area (Å²) in [6.07, 6.45) is 5.41. The zero-order chi connectivity index (χ0) is 10.3. The topological polar surface area (TPSA) is 12.0 Å². The Morgan fingerprint density at radius 1 is 1.15 bits per heavy atom. The van der Waals surface area contributed by atoms with Crippen LogP contribution in [0.1, 0.15) is 53.4 Å². The Labute approximate surface area is 84.3 Å². The number of rotatable bonds is 6. The third-order valence-electron chi connectivity index (χ3n) is 2.49. The molecule has 1 nitrogen and oxygen atoms in total. The molecule has 0 aromatic rings. The molecule has 0 aromatic carbocycles. The van der Waals surface area contributed by atoms with Gasteiger partial charge in [0.05, 0.1) is 0 Å². The second-order valence-corrected chi connectivity index (χ2v) is 5.31. The molecule has 0 aliphatic heterocycles. The van der Waals surface area contributed by atoms with E-state index in [0.29, 0.717) is 5.41 Å². The highest BCUT2D eigenvalue weighted by atomic mass is 14.8. The van der Waals surface area contributed by atoms with E-state index in [0.717, 1.165) is 5.92 Å². The molecule has 1 atom stereocenters. The van der Waals surface area contributed by atoms with E-state index in [1.807, 2.05) is 0 Å². The Balaban J connectivity index is 3.68. The molecule has 0 radical (unpaired) electrons. The van der Waals surface area contributed by atoms with Gasteiger partial charge in [-0.05, 0) is 44.2 Å². The fourth-order valence-corrected chi connectivity index (χ4v) is 1.68. The lowest BCUT2D eigenvalue weighted by Crippen LogP contribution is -2.20. The van der Waals surface area contributed by atoms with Gasteiger partial charge in [0.1, 0.15) is 0 Å². The van der Waals surface area contributed by atoms with Crippen molar-refractivity contribution in [2.45, 2.75) is 53.4 Å². The summed E-state index contributed by atoms with van der Waals surface area (Å²) in [6, 6.07) is 0. The quantitative estimate of drug-likeness (QED) is 0.668. The predicted molar refractivity (Wildman–Crippen MR) is 61.0 cm³/mol. The van der Waals surface area contributed by atoms with Crippen LogP contribution in [0.15, 0.2) is 0 Å². The first-order valence-electron chi connectivity index (χ1n) is 5.64. The van der Waals surface area contributed by atoms with Crippen LogP contribution < -0.4 is 5.32 Å². The zero-order valence-electron chi connectivity index (χ0n) is 10.1. The summed E-state index contributed by atoms with van der Waals surface area (Å²) in [5.41, 5.74) is 0.500. The Kier molecular flexibility index (Phi) is 6.40. The minimum atomic E-state index is 0.500. The molecule has 0 fully saturated rings. The molecule has 0 spiro atoms. The zero-order valence-corrected chi connectivity index (χ0v) is 10.1. The van der Waals surface area contributed by atoms with Crippen molar-refractivity contribution in [3.8, 4) is 0 Å². The van der Waals surface area contributed by atoms with Gasteiger partial charge in [0, 0.05) is 0 Å². The SMILES string of the molecule is CCCC(CCC(C)(C)C)CNC. The second-order valence-electron chi connectivity index (χ2n) is 5.31. The van der Waals surface area contributed by atoms with Crippen LogP contribution in [0.5, 0.6) is 0 Å². The van der Waals surface area contributed by atoms with Crippen molar-refractivity contribution in [1.82, 2.24) is 5.32 Å². The summed E-state index contributed by atoms with van der Waals surface area (Å²) >= 11 is 0. The number of hydrogen-bond acceptors (Lipinski definition) is 1. The van der Waals surface area contributed by atoms with Crippen LogP contribution in [0.25, 0.3) is 0 Å². The van der Waals surface area contributed by atoms with E-state index in [2.05, 4.69) is 40.1 Å². The van der Waals surface area contributed by atoms with Gasteiger partial charge < -0.3 is 5.32 Å². The highest BCUT2D eigenvalue weighted by molar-refractivity contribution is 4.67. The lowest BCUT2D eigenvalue weighted by atomic mass is 9.85. The van der Waals surface area contributed by atoms with Gasteiger partial charge in [-0.3, -0.25) is 0 Å². The minimum absolute atomic E-state index is 0.500. The largest absolute Gasteiger partial charge is 0.319 e. The van der Waals surface area contributed by atoms with Crippen molar-refractivity contribution in [3.05, 3.63) is 0 Å². The monoisotopic (exact) mass is 185 g/mol. The maximum atomic E-state index is 3.29. The van der Waals surface area contributed by atoms with Crippen LogP contribution in [0, 0.1) is 11.3 Å². The number of hydrogen-bond donors (Lipinski definition) is 1. The number of nitrogens with one attached hydrogen (secondary N) is 1. The molecule has 0 aliphatic rings. The van der Waals surface area contributed by atoms with Gasteiger partial charge in [-0.15, -0.1) is 0 Å². The van der Waals surface area contributed by atoms with Crippen LogP contribution in [0.4, 0.5) is 0 Å². The van der Waals surface area contributed by atoms with E-state index in [4.69, 9.17) is 0 Å². The molecule has 80 valence electrons. The molecule has 0 rings (SSSR count). The molecule has 0 heterocycles. The van der Waals surface area contributed by atoms with Crippen molar-refractivity contribution in [3.63, 3.8) is 0 Å². The summed E-state index contributed by atoms with van der Waals surface area (Å²) in [5, 5.41) is 3.29. The molecule has 0 aliphatic carbocycles. The molecule has 0 saturated carbocycles. The van der Waals surface area contributed by atoms with Crippen molar-refractivity contribution in [2.75, 3.05) is 13.6 Å². The van der Waals surface area contributed by atoms with Gasteiger partial charge in [-0.25, -0.2) is 0 Å². The average Bonchev–Trinajstić information content (AvgIpc) is 2.00. The highest BCUT2D eigenvalue weighted by Crippen LogP contribution is 2.25. The lowest BCUT2D eigenvalue weighted by Gasteiger charge is -2.22. The third kappa shape index (κ3) is 8.29. The van der Waals surface area contributed by atoms with Gasteiger partial charge in [-0.2, -0.15) is 0 Å². The van der Waals surface area contributed by atoms with Gasteiger partial charge in [0.15, 0.2) is 0 Å². The molecule has 13 heavy (non-hydrogen) atoms. The molecular weight excluding hydrogens is 158 g/mol. The summed E-state index contributed by atoms with van der Waals surface area (Å²) in [7, 11) is 2.06. The van der Waals surface area contributed by atoms with Gasteiger partial charge in [0.2, 0.25) is 0 Å². The molecule has 1 N–H and O–H groups in total. The summed E-state index contributed by atoms with van der Waals surface area (Å²) in [6.45, 7) is 10.4. The van der Waals surface area contributed by atoms with E-state index < -0.39 is 0 Å². The van der Waals surface area contributed by atoms with Crippen LogP contribution >= 0.6 is 0 Å². The normalized spacial score (nSPS) is 14.5. The predicted octanol–water partition coefficient (Wildman–Crippen LogP) is 3.45. The Bertz CT molecular complexity index is 107.